The molecule has 0 amide bonds. The highest BCUT2D eigenvalue weighted by atomic mass is 15.1. The van der Waals surface area contributed by atoms with Crippen LogP contribution in [0.5, 0.6) is 0 Å². The third kappa shape index (κ3) is 5.49. The van der Waals surface area contributed by atoms with Gasteiger partial charge in [0.05, 0.1) is 11.0 Å². The average molecular weight is 926 g/mol. The van der Waals surface area contributed by atoms with Crippen molar-refractivity contribution < 1.29 is 0 Å². The number of benzene rings is 7. The molecule has 71 heavy (non-hydrogen) atoms. The van der Waals surface area contributed by atoms with Crippen molar-refractivity contribution in [2.24, 2.45) is 0 Å². The fourth-order valence-electron chi connectivity index (χ4n) is 13.8. The highest BCUT2D eigenvalue weighted by Crippen LogP contribution is 2.47. The Morgan fingerprint density at radius 1 is 0.282 bits per heavy atom. The van der Waals surface area contributed by atoms with E-state index in [0.717, 1.165) is 0 Å². The Hall–Kier alpha value is -5.93. The predicted molar refractivity (Wildman–Crippen MR) is 311 cm³/mol. The van der Waals surface area contributed by atoms with Gasteiger partial charge in [-0.3, -0.25) is 0 Å². The van der Waals surface area contributed by atoms with Crippen molar-refractivity contribution >= 4 is 112 Å². The standard InChI is InChI=1S/C66H69B2N3/c1-61(2,3)34-19-21-50-40(23-34)42-25-36(63(7,8)9)29-46-56(42)69(50)52-33-53-55-60-54(52)67(46)48-31-38(65(13,14)15)27-44-45-28-39(66(16,17)18)32-49(59(45)71(60)58(44)48)68(55)47-30-37(64(10,11)12)26-43-41-24-35(62(4,5)6)20-22-51(41)70(53)57(43)47/h19-33H,1-18H3. The van der Waals surface area contributed by atoms with E-state index in [9.17, 15) is 0 Å². The Kier molecular flexibility index (Phi) is 7.90. The number of fused-ring (bicyclic) bond motifs is 13. The van der Waals surface area contributed by atoms with Gasteiger partial charge in [-0.25, -0.2) is 0 Å². The molecule has 7 aromatic carbocycles. The maximum absolute atomic E-state index is 2.82. The van der Waals surface area contributed by atoms with Gasteiger partial charge in [0.2, 0.25) is 0 Å². The second-order valence-electron chi connectivity index (χ2n) is 28.8. The summed E-state index contributed by atoms with van der Waals surface area (Å²) in [6.07, 6.45) is 0. The van der Waals surface area contributed by atoms with Crippen molar-refractivity contribution in [2.45, 2.75) is 157 Å². The third-order valence-corrected chi connectivity index (χ3v) is 17.9. The Balaban J connectivity index is 1.27. The number of rotatable bonds is 0. The lowest BCUT2D eigenvalue weighted by molar-refractivity contribution is 0.590. The molecular weight excluding hydrogens is 856 g/mol. The van der Waals surface area contributed by atoms with Crippen LogP contribution >= 0.6 is 0 Å². The molecule has 14 rings (SSSR count). The van der Waals surface area contributed by atoms with Gasteiger partial charge < -0.3 is 13.7 Å². The van der Waals surface area contributed by atoms with Crippen LogP contribution in [-0.2, 0) is 32.5 Å². The topological polar surface area (TPSA) is 14.8 Å². The van der Waals surface area contributed by atoms with E-state index in [1.807, 2.05) is 0 Å². The van der Waals surface area contributed by atoms with Gasteiger partial charge in [0, 0.05) is 71.4 Å². The van der Waals surface area contributed by atoms with Crippen LogP contribution in [0.25, 0.3) is 82.5 Å². The summed E-state index contributed by atoms with van der Waals surface area (Å²) in [6.45, 7) is 43.2. The number of hydrogen-bond acceptors (Lipinski definition) is 0. The second-order valence-corrected chi connectivity index (χ2v) is 28.8. The molecule has 0 radical (unpaired) electrons. The van der Waals surface area contributed by atoms with Crippen LogP contribution in [-0.4, -0.2) is 27.1 Å². The molecule has 4 aliphatic heterocycles. The normalized spacial score (nSPS) is 15.1. The first kappa shape index (κ1) is 43.8. The zero-order valence-corrected chi connectivity index (χ0v) is 45.7. The smallest absolute Gasteiger partial charge is 0.252 e. The maximum Gasteiger partial charge on any atom is 0.252 e. The minimum absolute atomic E-state index is 0.0109. The molecule has 5 heteroatoms. The first-order valence-corrected chi connectivity index (χ1v) is 26.7. The van der Waals surface area contributed by atoms with Gasteiger partial charge in [0.1, 0.15) is 0 Å². The molecule has 3 nitrogen and oxygen atoms in total. The summed E-state index contributed by atoms with van der Waals surface area (Å²) in [7, 11) is 0. The van der Waals surface area contributed by atoms with Gasteiger partial charge in [-0.2, -0.15) is 0 Å². The molecule has 0 saturated carbocycles. The van der Waals surface area contributed by atoms with Gasteiger partial charge in [0.25, 0.3) is 13.4 Å². The minimum atomic E-state index is -0.0563. The van der Waals surface area contributed by atoms with Crippen molar-refractivity contribution in [3.05, 3.63) is 124 Å². The SMILES string of the molecule is CC(C)(C)c1ccc2c(c1)c1cc(C(C)(C)C)cc3c1n2-c1cc2c4c5c1B3c1cc(C(C)(C)C)cc3c6cc(C(C)(C)C)cc(c6n-5c13)B4c1cc(C(C)(C)C)cc3c4cc(C(C)(C)C)ccc4n-2c13. The minimum Gasteiger partial charge on any atom is -0.311 e. The molecule has 0 atom stereocenters. The Labute approximate surface area is 421 Å². The molecule has 0 bridgehead atoms. The summed E-state index contributed by atoms with van der Waals surface area (Å²) >= 11 is 0. The lowest BCUT2D eigenvalue weighted by atomic mass is 9.29. The first-order chi connectivity index (χ1) is 33.0. The largest absolute Gasteiger partial charge is 0.311 e. The summed E-state index contributed by atoms with van der Waals surface area (Å²) in [5, 5.41) is 8.26. The molecule has 354 valence electrons. The van der Waals surface area contributed by atoms with E-state index in [1.54, 1.807) is 0 Å². The van der Waals surface area contributed by atoms with E-state index in [0.29, 0.717) is 0 Å². The van der Waals surface area contributed by atoms with Crippen LogP contribution in [0.2, 0.25) is 0 Å². The summed E-state index contributed by atoms with van der Waals surface area (Å²) in [4.78, 5) is 0. The van der Waals surface area contributed by atoms with Gasteiger partial charge in [-0.1, -0.05) is 161 Å². The van der Waals surface area contributed by atoms with Gasteiger partial charge in [0.15, 0.2) is 0 Å². The highest BCUT2D eigenvalue weighted by molar-refractivity contribution is 7.04. The first-order valence-electron chi connectivity index (χ1n) is 26.7. The summed E-state index contributed by atoms with van der Waals surface area (Å²) in [5.74, 6) is 0. The van der Waals surface area contributed by atoms with Crippen LogP contribution in [0.1, 0.15) is 158 Å². The van der Waals surface area contributed by atoms with Crippen LogP contribution in [0.15, 0.2) is 91.0 Å². The van der Waals surface area contributed by atoms with E-state index in [1.165, 1.54) is 149 Å². The fourth-order valence-corrected chi connectivity index (χ4v) is 13.8. The molecule has 0 saturated heterocycles. The maximum atomic E-state index is 2.82. The molecule has 4 aliphatic rings. The molecule has 0 unspecified atom stereocenters. The molecule has 0 aliphatic carbocycles. The lowest BCUT2D eigenvalue weighted by Crippen LogP contribution is -2.66. The van der Waals surface area contributed by atoms with Crippen LogP contribution < -0.4 is 32.8 Å². The second kappa shape index (κ2) is 12.8. The number of hydrogen-bond donors (Lipinski definition) is 0. The van der Waals surface area contributed by atoms with Crippen molar-refractivity contribution in [2.75, 3.05) is 0 Å². The third-order valence-electron chi connectivity index (χ3n) is 17.9. The summed E-state index contributed by atoms with van der Waals surface area (Å²) in [6, 6.07) is 38.4. The average Bonchev–Trinajstić information content (AvgIpc) is 3.91. The van der Waals surface area contributed by atoms with E-state index in [4.69, 9.17) is 0 Å². The van der Waals surface area contributed by atoms with Crippen LogP contribution in [0, 0.1) is 0 Å². The quantitative estimate of drug-likeness (QED) is 0.135. The highest BCUT2D eigenvalue weighted by Gasteiger charge is 2.50. The molecule has 0 fully saturated rings. The van der Waals surface area contributed by atoms with Crippen LogP contribution in [0.4, 0.5) is 0 Å². The van der Waals surface area contributed by atoms with Crippen molar-refractivity contribution in [1.82, 2.24) is 13.7 Å². The molecule has 3 aromatic heterocycles. The zero-order chi connectivity index (χ0) is 50.1. The molecule has 0 N–H and O–H groups in total. The predicted octanol–water partition coefficient (Wildman–Crippen LogP) is 13.0. The fraction of sp³-hybridized carbons (Fsp3) is 0.364. The molecular formula is C66H69B2N3. The van der Waals surface area contributed by atoms with Gasteiger partial charge in [-0.05, 0) is 153 Å². The molecule has 0 spiro atoms. The van der Waals surface area contributed by atoms with Crippen molar-refractivity contribution in [3.63, 3.8) is 0 Å². The molecule has 7 heterocycles. The van der Waals surface area contributed by atoms with E-state index in [2.05, 4.69) is 229 Å². The molecule has 10 aromatic rings. The Morgan fingerprint density at radius 3 is 0.845 bits per heavy atom. The van der Waals surface area contributed by atoms with Crippen molar-refractivity contribution in [3.8, 4) is 17.1 Å². The van der Waals surface area contributed by atoms with Gasteiger partial charge >= 0.3 is 0 Å². The lowest BCUT2D eigenvalue weighted by Gasteiger charge is -2.42. The summed E-state index contributed by atoms with van der Waals surface area (Å²) in [5.41, 5.74) is 29.1. The van der Waals surface area contributed by atoms with E-state index in [-0.39, 0.29) is 45.9 Å². The van der Waals surface area contributed by atoms with Gasteiger partial charge in [-0.15, -0.1) is 0 Å². The van der Waals surface area contributed by atoms with E-state index < -0.39 is 0 Å². The van der Waals surface area contributed by atoms with Crippen LogP contribution in [0.3, 0.4) is 0 Å². The number of nitrogens with zero attached hydrogens (tertiary/aromatic N) is 3. The van der Waals surface area contributed by atoms with Crippen molar-refractivity contribution in [1.29, 1.82) is 0 Å². The summed E-state index contributed by atoms with van der Waals surface area (Å²) < 4.78 is 8.27. The Morgan fingerprint density at radius 2 is 0.549 bits per heavy atom. The monoisotopic (exact) mass is 926 g/mol. The Bertz CT molecular complexity index is 3890. The van der Waals surface area contributed by atoms with E-state index >= 15 is 0 Å². The number of aromatic nitrogens is 3. The zero-order valence-electron chi connectivity index (χ0n) is 45.7.